The van der Waals surface area contributed by atoms with E-state index in [0.29, 0.717) is 0 Å². The zero-order valence-corrected chi connectivity index (χ0v) is 7.42. The molecule has 64 valence electrons. The van der Waals surface area contributed by atoms with Crippen LogP contribution < -0.4 is 0 Å². The Morgan fingerprint density at radius 1 is 0.917 bits per heavy atom. The van der Waals surface area contributed by atoms with Crippen molar-refractivity contribution in [2.45, 2.75) is 0 Å². The molecule has 0 aromatic heterocycles. The monoisotopic (exact) mass is 204 g/mol. The van der Waals surface area contributed by atoms with Crippen LogP contribution in [0.4, 0.5) is 0 Å². The zero-order valence-electron chi connectivity index (χ0n) is 6.37. The van der Waals surface area contributed by atoms with Crippen LogP contribution in [-0.4, -0.2) is 5.48 Å². The van der Waals surface area contributed by atoms with E-state index in [1.807, 2.05) is 24.3 Å². The standard InChI is InChI=1S/C10H7.Co.H2O/c1-2-6-10-8-4-3-7-9(10)5-1;;/h1-3,5-8H;;1H2. The summed E-state index contributed by atoms with van der Waals surface area (Å²) in [4.78, 5) is 0. The minimum atomic E-state index is 0. The van der Waals surface area contributed by atoms with Crippen molar-refractivity contribution < 1.29 is 22.3 Å². The molecule has 0 saturated heterocycles. The van der Waals surface area contributed by atoms with Gasteiger partial charge in [0.2, 0.25) is 0 Å². The first kappa shape index (κ1) is 11.2. The van der Waals surface area contributed by atoms with Crippen molar-refractivity contribution in [3.63, 3.8) is 0 Å². The van der Waals surface area contributed by atoms with Gasteiger partial charge >= 0.3 is 0 Å². The third kappa shape index (κ3) is 2.07. The largest absolute Gasteiger partial charge is 0.412 e. The number of fused-ring (bicyclic) bond motifs is 1. The molecule has 0 fully saturated rings. The first-order valence-corrected chi connectivity index (χ1v) is 3.32. The van der Waals surface area contributed by atoms with Gasteiger partial charge in [0.05, 0.1) is 0 Å². The van der Waals surface area contributed by atoms with Gasteiger partial charge in [-0.2, -0.15) is 0 Å². The molecule has 2 heteroatoms. The quantitative estimate of drug-likeness (QED) is 0.626. The van der Waals surface area contributed by atoms with Crippen LogP contribution in [0.5, 0.6) is 0 Å². The van der Waals surface area contributed by atoms with Crippen LogP contribution in [0.2, 0.25) is 0 Å². The van der Waals surface area contributed by atoms with Crippen LogP contribution in [0.15, 0.2) is 42.5 Å². The Labute approximate surface area is 81.9 Å². The molecule has 0 atom stereocenters. The Kier molecular flexibility index (Phi) is 4.59. The molecule has 1 nitrogen and oxygen atoms in total. The molecule has 0 aliphatic heterocycles. The Morgan fingerprint density at radius 3 is 2.25 bits per heavy atom. The summed E-state index contributed by atoms with van der Waals surface area (Å²) in [5.41, 5.74) is 0. The van der Waals surface area contributed by atoms with Gasteiger partial charge in [-0.1, -0.05) is 36.4 Å². The molecule has 0 heterocycles. The van der Waals surface area contributed by atoms with Crippen molar-refractivity contribution in [1.82, 2.24) is 0 Å². The maximum absolute atomic E-state index is 3.04. The molecule has 12 heavy (non-hydrogen) atoms. The Hall–Kier alpha value is -0.834. The van der Waals surface area contributed by atoms with Gasteiger partial charge < -0.3 is 5.48 Å². The normalized spacial score (nSPS) is 8.33. The van der Waals surface area contributed by atoms with E-state index in [2.05, 4.69) is 24.3 Å². The molecule has 0 aliphatic carbocycles. The minimum Gasteiger partial charge on any atom is -0.412 e. The number of hydrogen-bond acceptors (Lipinski definition) is 0. The molecular formula is C10H9CoO. The van der Waals surface area contributed by atoms with Crippen LogP contribution >= 0.6 is 0 Å². The second-order valence-electron chi connectivity index (χ2n) is 2.27. The molecule has 2 rings (SSSR count). The van der Waals surface area contributed by atoms with Gasteiger partial charge in [0, 0.05) is 16.8 Å². The van der Waals surface area contributed by atoms with E-state index in [0.717, 1.165) is 0 Å². The van der Waals surface area contributed by atoms with Crippen LogP contribution in [0.1, 0.15) is 0 Å². The van der Waals surface area contributed by atoms with E-state index in [4.69, 9.17) is 0 Å². The summed E-state index contributed by atoms with van der Waals surface area (Å²) in [6.45, 7) is 0. The van der Waals surface area contributed by atoms with E-state index in [9.17, 15) is 0 Å². The van der Waals surface area contributed by atoms with Gasteiger partial charge in [-0.05, 0) is 22.9 Å². The molecule has 2 aromatic carbocycles. The molecule has 2 aromatic rings. The smallest absolute Gasteiger partial charge is 0 e. The Bertz CT molecular complexity index is 281. The second kappa shape index (κ2) is 4.93. The van der Waals surface area contributed by atoms with Crippen molar-refractivity contribution in [3.05, 3.63) is 48.5 Å². The zero-order chi connectivity index (χ0) is 6.81. The van der Waals surface area contributed by atoms with Crippen LogP contribution in [-0.2, 0) is 16.8 Å². The van der Waals surface area contributed by atoms with Gasteiger partial charge in [0.15, 0.2) is 0 Å². The van der Waals surface area contributed by atoms with Crippen LogP contribution in [0.3, 0.4) is 0 Å². The van der Waals surface area contributed by atoms with E-state index in [1.165, 1.54) is 10.8 Å². The number of rotatable bonds is 0. The van der Waals surface area contributed by atoms with Crippen LogP contribution in [0, 0.1) is 6.07 Å². The van der Waals surface area contributed by atoms with Gasteiger partial charge in [-0.25, -0.2) is 0 Å². The van der Waals surface area contributed by atoms with E-state index < -0.39 is 0 Å². The topological polar surface area (TPSA) is 31.5 Å². The average Bonchev–Trinajstić information content (AvgIpc) is 2.05. The summed E-state index contributed by atoms with van der Waals surface area (Å²) >= 11 is 0. The summed E-state index contributed by atoms with van der Waals surface area (Å²) in [5.74, 6) is 0. The predicted octanol–water partition coefficient (Wildman–Crippen LogP) is 1.81. The molecule has 0 unspecified atom stereocenters. The molecule has 0 aliphatic rings. The predicted molar refractivity (Wildman–Crippen MR) is 46.4 cm³/mol. The average molecular weight is 204 g/mol. The van der Waals surface area contributed by atoms with Gasteiger partial charge in [-0.3, -0.25) is 0 Å². The summed E-state index contributed by atoms with van der Waals surface area (Å²) in [5, 5.41) is 2.53. The Balaban J connectivity index is 0.000000605. The fourth-order valence-corrected chi connectivity index (χ4v) is 1.07. The SMILES string of the molecule is O.[Co].[c]1ccc2ccccc2c1. The Morgan fingerprint density at radius 2 is 1.58 bits per heavy atom. The fourth-order valence-electron chi connectivity index (χ4n) is 1.07. The molecule has 0 spiro atoms. The van der Waals surface area contributed by atoms with E-state index in [1.54, 1.807) is 0 Å². The van der Waals surface area contributed by atoms with Crippen molar-refractivity contribution in [3.8, 4) is 0 Å². The first-order chi connectivity index (χ1) is 4.97. The fraction of sp³-hybridized carbons (Fsp3) is 0. The number of benzene rings is 2. The van der Waals surface area contributed by atoms with Crippen molar-refractivity contribution in [2.75, 3.05) is 0 Å². The maximum atomic E-state index is 3.04. The third-order valence-corrected chi connectivity index (χ3v) is 1.59. The van der Waals surface area contributed by atoms with Crippen LogP contribution in [0.25, 0.3) is 10.8 Å². The molecule has 0 bridgehead atoms. The van der Waals surface area contributed by atoms with Crippen molar-refractivity contribution in [1.29, 1.82) is 0 Å². The number of hydrogen-bond donors (Lipinski definition) is 0. The third-order valence-electron chi connectivity index (χ3n) is 1.59. The first-order valence-electron chi connectivity index (χ1n) is 3.32. The van der Waals surface area contributed by atoms with Crippen molar-refractivity contribution >= 4 is 10.8 Å². The summed E-state index contributed by atoms with van der Waals surface area (Å²) in [6.07, 6.45) is 0. The molecule has 2 N–H and O–H groups in total. The minimum absolute atomic E-state index is 0. The van der Waals surface area contributed by atoms with Gasteiger partial charge in [0.25, 0.3) is 0 Å². The molecule has 0 saturated carbocycles. The maximum Gasteiger partial charge on any atom is 0 e. The van der Waals surface area contributed by atoms with Crippen molar-refractivity contribution in [2.24, 2.45) is 0 Å². The van der Waals surface area contributed by atoms with E-state index >= 15 is 0 Å². The van der Waals surface area contributed by atoms with E-state index in [-0.39, 0.29) is 22.3 Å². The summed E-state index contributed by atoms with van der Waals surface area (Å²) < 4.78 is 0. The summed E-state index contributed by atoms with van der Waals surface area (Å²) in [6, 6.07) is 17.3. The summed E-state index contributed by atoms with van der Waals surface area (Å²) in [7, 11) is 0. The second-order valence-corrected chi connectivity index (χ2v) is 2.27. The molecular weight excluding hydrogens is 195 g/mol. The van der Waals surface area contributed by atoms with Gasteiger partial charge in [-0.15, -0.1) is 0 Å². The molecule has 0 amide bonds. The van der Waals surface area contributed by atoms with Gasteiger partial charge in [0.1, 0.15) is 0 Å². The molecule has 2 radical (unpaired) electrons.